The maximum absolute atomic E-state index is 10.7. The van der Waals surface area contributed by atoms with Gasteiger partial charge in [0, 0.05) is 37.5 Å². The lowest BCUT2D eigenvalue weighted by molar-refractivity contribution is -0.384. The van der Waals surface area contributed by atoms with Crippen LogP contribution in [0.1, 0.15) is 25.0 Å². The molecule has 0 saturated heterocycles. The summed E-state index contributed by atoms with van der Waals surface area (Å²) in [6, 6.07) is 6.27. The van der Waals surface area contributed by atoms with Gasteiger partial charge in [-0.25, -0.2) is 4.99 Å². The van der Waals surface area contributed by atoms with E-state index in [1.54, 1.807) is 43.2 Å². The summed E-state index contributed by atoms with van der Waals surface area (Å²) in [5.41, 5.74) is 0.512. The number of aryl methyl sites for hydroxylation is 1. The van der Waals surface area contributed by atoms with Gasteiger partial charge in [-0.15, -0.1) is 24.0 Å². The molecule has 2 rings (SSSR count). The molecule has 1 unspecified atom stereocenters. The number of nitrogens with one attached hydrogen (secondary N) is 2. The van der Waals surface area contributed by atoms with E-state index in [4.69, 9.17) is 0 Å². The van der Waals surface area contributed by atoms with Crippen molar-refractivity contribution in [3.05, 3.63) is 57.9 Å². The van der Waals surface area contributed by atoms with Crippen LogP contribution in [0, 0.1) is 10.1 Å². The fourth-order valence-electron chi connectivity index (χ4n) is 2.29. The molecule has 0 spiro atoms. The summed E-state index contributed by atoms with van der Waals surface area (Å²) in [7, 11) is 1.79. The van der Waals surface area contributed by atoms with Crippen molar-refractivity contribution in [1.82, 2.24) is 20.4 Å². The molecule has 0 amide bonds. The fraction of sp³-hybridized carbons (Fsp3) is 0.412. The second-order valence-electron chi connectivity index (χ2n) is 6.15. The molecule has 3 N–H and O–H groups in total. The molecule has 9 nitrogen and oxygen atoms in total. The van der Waals surface area contributed by atoms with E-state index in [-0.39, 0.29) is 36.2 Å². The zero-order valence-electron chi connectivity index (χ0n) is 15.5. The van der Waals surface area contributed by atoms with E-state index < -0.39 is 10.5 Å². The van der Waals surface area contributed by atoms with E-state index >= 15 is 0 Å². The molecule has 0 radical (unpaired) electrons. The number of halogens is 1. The molecule has 0 aliphatic carbocycles. The standard InChI is InChI=1S/C17H24N6O3.HI/c1-4-18-16(19-9-13-5-7-15(8-6-13)23(25)26)20-12-17(2,24)14-10-21-22(3)11-14;/h5-8,10-11,24H,4,9,12H2,1-3H3,(H2,18,19,20);1H. The molecule has 1 aromatic carbocycles. The van der Waals surface area contributed by atoms with Gasteiger partial charge in [0.25, 0.3) is 5.69 Å². The molecule has 1 atom stereocenters. The topological polar surface area (TPSA) is 118 Å². The first-order chi connectivity index (χ1) is 12.3. The highest BCUT2D eigenvalue weighted by atomic mass is 127. The van der Waals surface area contributed by atoms with Crippen molar-refractivity contribution in [3.63, 3.8) is 0 Å². The number of nitrogens with zero attached hydrogens (tertiary/aromatic N) is 4. The lowest BCUT2D eigenvalue weighted by atomic mass is 10.00. The number of hydrogen-bond donors (Lipinski definition) is 3. The van der Waals surface area contributed by atoms with Gasteiger partial charge in [0.05, 0.1) is 24.2 Å². The van der Waals surface area contributed by atoms with E-state index in [0.717, 1.165) is 5.56 Å². The van der Waals surface area contributed by atoms with Crippen molar-refractivity contribution in [1.29, 1.82) is 0 Å². The minimum absolute atomic E-state index is 0. The first kappa shape index (κ1) is 22.8. The maximum Gasteiger partial charge on any atom is 0.269 e. The zero-order valence-corrected chi connectivity index (χ0v) is 17.9. The van der Waals surface area contributed by atoms with Crippen LogP contribution >= 0.6 is 24.0 Å². The quantitative estimate of drug-likeness (QED) is 0.180. The molecule has 0 fully saturated rings. The molecule has 0 bridgehead atoms. The van der Waals surface area contributed by atoms with Gasteiger partial charge in [0.15, 0.2) is 5.96 Å². The van der Waals surface area contributed by atoms with Crippen LogP contribution in [-0.2, 0) is 19.2 Å². The summed E-state index contributed by atoms with van der Waals surface area (Å²) < 4.78 is 1.64. The molecule has 0 saturated carbocycles. The van der Waals surface area contributed by atoms with Crippen molar-refractivity contribution >= 4 is 35.6 Å². The molecule has 148 valence electrons. The molecule has 1 heterocycles. The van der Waals surface area contributed by atoms with Crippen molar-refractivity contribution < 1.29 is 10.0 Å². The molecule has 0 aliphatic rings. The van der Waals surface area contributed by atoms with Crippen LogP contribution in [0.15, 0.2) is 41.7 Å². The molecular formula is C17H25IN6O3. The summed E-state index contributed by atoms with van der Waals surface area (Å²) in [4.78, 5) is 14.7. The average Bonchev–Trinajstić information content (AvgIpc) is 3.05. The minimum atomic E-state index is -1.10. The summed E-state index contributed by atoms with van der Waals surface area (Å²) in [5, 5.41) is 31.6. The van der Waals surface area contributed by atoms with E-state index in [1.807, 2.05) is 6.92 Å². The van der Waals surface area contributed by atoms with E-state index in [2.05, 4.69) is 20.7 Å². The summed E-state index contributed by atoms with van der Waals surface area (Å²) in [6.07, 6.45) is 3.39. The van der Waals surface area contributed by atoms with Gasteiger partial charge >= 0.3 is 0 Å². The van der Waals surface area contributed by atoms with Crippen molar-refractivity contribution in [2.24, 2.45) is 12.0 Å². The maximum atomic E-state index is 10.7. The van der Waals surface area contributed by atoms with Crippen LogP contribution in [0.25, 0.3) is 0 Å². The molecule has 10 heteroatoms. The van der Waals surface area contributed by atoms with Crippen LogP contribution in [0.2, 0.25) is 0 Å². The number of aliphatic hydroxyl groups is 1. The highest BCUT2D eigenvalue weighted by Gasteiger charge is 2.24. The molecule has 27 heavy (non-hydrogen) atoms. The number of guanidine groups is 1. The molecule has 2 aromatic rings. The number of hydrogen-bond acceptors (Lipinski definition) is 5. The van der Waals surface area contributed by atoms with E-state index in [1.165, 1.54) is 12.1 Å². The summed E-state index contributed by atoms with van der Waals surface area (Å²) >= 11 is 0. The third-order valence-corrected chi connectivity index (χ3v) is 3.84. The van der Waals surface area contributed by atoms with Crippen LogP contribution < -0.4 is 10.6 Å². The number of benzene rings is 1. The lowest BCUT2D eigenvalue weighted by Gasteiger charge is -2.23. The first-order valence-electron chi connectivity index (χ1n) is 8.29. The van der Waals surface area contributed by atoms with Crippen LogP contribution in [0.4, 0.5) is 5.69 Å². The van der Waals surface area contributed by atoms with Gasteiger partial charge in [-0.05, 0) is 19.4 Å². The predicted octanol–water partition coefficient (Wildman–Crippen LogP) is 1.91. The Morgan fingerprint density at radius 1 is 1.37 bits per heavy atom. The number of aromatic nitrogens is 2. The van der Waals surface area contributed by atoms with Gasteiger partial charge in [-0.1, -0.05) is 12.1 Å². The second kappa shape index (κ2) is 10.2. The largest absolute Gasteiger partial charge is 0.383 e. The smallest absolute Gasteiger partial charge is 0.269 e. The number of nitro groups is 1. The summed E-state index contributed by atoms with van der Waals surface area (Å²) in [6.45, 7) is 4.94. The number of aliphatic imine (C=N–C) groups is 1. The number of rotatable bonds is 7. The van der Waals surface area contributed by atoms with Crippen molar-refractivity contribution in [2.45, 2.75) is 26.0 Å². The molecule has 0 aliphatic heterocycles. The third kappa shape index (κ3) is 6.79. The van der Waals surface area contributed by atoms with Gasteiger partial charge in [-0.2, -0.15) is 5.10 Å². The summed E-state index contributed by atoms with van der Waals surface area (Å²) in [5.74, 6) is 0.551. The Hall–Kier alpha value is -2.21. The highest BCUT2D eigenvalue weighted by molar-refractivity contribution is 14.0. The number of non-ortho nitro benzene ring substituents is 1. The lowest BCUT2D eigenvalue weighted by Crippen LogP contribution is -2.44. The molecule has 1 aromatic heterocycles. The van der Waals surface area contributed by atoms with Gasteiger partial charge in [-0.3, -0.25) is 14.8 Å². The third-order valence-electron chi connectivity index (χ3n) is 3.84. The van der Waals surface area contributed by atoms with Gasteiger partial charge < -0.3 is 15.7 Å². The Kier molecular flexibility index (Phi) is 8.63. The normalized spacial score (nSPS) is 13.4. The monoisotopic (exact) mass is 488 g/mol. The molecular weight excluding hydrogens is 463 g/mol. The Morgan fingerprint density at radius 3 is 2.56 bits per heavy atom. The van der Waals surface area contributed by atoms with Crippen LogP contribution in [0.5, 0.6) is 0 Å². The minimum Gasteiger partial charge on any atom is -0.383 e. The Morgan fingerprint density at radius 2 is 2.04 bits per heavy atom. The highest BCUT2D eigenvalue weighted by Crippen LogP contribution is 2.18. The fourth-order valence-corrected chi connectivity index (χ4v) is 2.29. The average molecular weight is 488 g/mol. The predicted molar refractivity (Wildman–Crippen MR) is 114 cm³/mol. The Labute approximate surface area is 175 Å². The second-order valence-corrected chi connectivity index (χ2v) is 6.15. The van der Waals surface area contributed by atoms with Gasteiger partial charge in [0.1, 0.15) is 5.60 Å². The van der Waals surface area contributed by atoms with E-state index in [0.29, 0.717) is 24.6 Å². The SMILES string of the molecule is CCNC(=NCc1ccc([N+](=O)[O-])cc1)NCC(C)(O)c1cnn(C)c1.I. The van der Waals surface area contributed by atoms with E-state index in [9.17, 15) is 15.2 Å². The van der Waals surface area contributed by atoms with Crippen molar-refractivity contribution in [2.75, 3.05) is 13.1 Å². The van der Waals surface area contributed by atoms with Gasteiger partial charge in [0.2, 0.25) is 0 Å². The first-order valence-corrected chi connectivity index (χ1v) is 8.29. The van der Waals surface area contributed by atoms with Crippen LogP contribution in [-0.4, -0.2) is 38.9 Å². The Balaban J connectivity index is 0.00000364. The zero-order chi connectivity index (χ0) is 19.2. The Bertz CT molecular complexity index is 773. The van der Waals surface area contributed by atoms with Crippen LogP contribution in [0.3, 0.4) is 0 Å². The number of nitro benzene ring substituents is 1. The van der Waals surface area contributed by atoms with Crippen molar-refractivity contribution in [3.8, 4) is 0 Å².